The van der Waals surface area contributed by atoms with Crippen LogP contribution in [0.2, 0.25) is 0 Å². The van der Waals surface area contributed by atoms with Crippen LogP contribution in [0.3, 0.4) is 0 Å². The summed E-state index contributed by atoms with van der Waals surface area (Å²) in [5.74, 6) is -2.32. The number of halogens is 4. The number of carbonyl (C=O) groups is 1. The maximum absolute atomic E-state index is 13.3. The number of benzene rings is 2. The minimum Gasteiger partial charge on any atom is -0.475 e. The number of fused-ring (bicyclic) bond motifs is 1. The summed E-state index contributed by atoms with van der Waals surface area (Å²) in [6.45, 7) is 0. The molecule has 0 aliphatic heterocycles. The average Bonchev–Trinajstić information content (AvgIpc) is 3.37. The van der Waals surface area contributed by atoms with Gasteiger partial charge in [0.15, 0.2) is 0 Å². The number of imidazole rings is 1. The number of carboxylic acids is 1. The molecule has 0 radical (unpaired) electrons. The minimum absolute atomic E-state index is 0.256. The highest BCUT2D eigenvalue weighted by Gasteiger charge is 2.38. The number of hydrogen-bond donors (Lipinski definition) is 4. The van der Waals surface area contributed by atoms with Gasteiger partial charge in [-0.3, -0.25) is 5.10 Å². The number of nitrogens with one attached hydrogen (secondary N) is 2. The standard InChI is InChI=1S/C18H16FN5.C2HF3O2/c19-14-3-1-2-11(6-14)7-15(20)18-23-16-5-4-12(8-17(16)24-18)13-9-21-22-10-13;3-2(4,5)1(6)7/h1-6,8-10,15H,7,20H2,(H,21,22)(H,23,24);(H,6,7)/t15-;/m1./s1. The molecule has 11 heteroatoms. The molecule has 0 spiro atoms. The van der Waals surface area contributed by atoms with Crippen molar-refractivity contribution in [1.29, 1.82) is 0 Å². The summed E-state index contributed by atoms with van der Waals surface area (Å²) in [4.78, 5) is 16.7. The van der Waals surface area contributed by atoms with E-state index in [1.54, 1.807) is 12.3 Å². The van der Waals surface area contributed by atoms with E-state index in [9.17, 15) is 17.6 Å². The fourth-order valence-corrected chi connectivity index (χ4v) is 2.81. The highest BCUT2D eigenvalue weighted by Crippen LogP contribution is 2.24. The summed E-state index contributed by atoms with van der Waals surface area (Å²) >= 11 is 0. The van der Waals surface area contributed by atoms with E-state index >= 15 is 0 Å². The fraction of sp³-hybridized carbons (Fsp3) is 0.150. The molecule has 7 nitrogen and oxygen atoms in total. The largest absolute Gasteiger partial charge is 0.490 e. The van der Waals surface area contributed by atoms with Gasteiger partial charge >= 0.3 is 12.1 Å². The zero-order valence-electron chi connectivity index (χ0n) is 15.8. The van der Waals surface area contributed by atoms with Gasteiger partial charge in [0.2, 0.25) is 0 Å². The summed E-state index contributed by atoms with van der Waals surface area (Å²) in [5, 5.41) is 13.9. The summed E-state index contributed by atoms with van der Waals surface area (Å²) in [7, 11) is 0. The number of hydrogen-bond acceptors (Lipinski definition) is 4. The van der Waals surface area contributed by atoms with Gasteiger partial charge in [-0.25, -0.2) is 14.2 Å². The Morgan fingerprint density at radius 2 is 1.90 bits per heavy atom. The number of aromatic nitrogens is 4. The molecule has 0 unspecified atom stereocenters. The molecular formula is C20H17F4N5O2. The van der Waals surface area contributed by atoms with Crippen molar-refractivity contribution >= 4 is 17.0 Å². The highest BCUT2D eigenvalue weighted by atomic mass is 19.4. The molecule has 2 aromatic heterocycles. The van der Waals surface area contributed by atoms with Crippen LogP contribution in [0.5, 0.6) is 0 Å². The average molecular weight is 435 g/mol. The van der Waals surface area contributed by atoms with Gasteiger partial charge in [-0.1, -0.05) is 18.2 Å². The van der Waals surface area contributed by atoms with Gasteiger partial charge in [0, 0.05) is 11.8 Å². The number of H-pyrrole nitrogens is 2. The number of nitrogens with zero attached hydrogens (tertiary/aromatic N) is 2. The van der Waals surface area contributed by atoms with Crippen LogP contribution in [0.1, 0.15) is 17.4 Å². The molecule has 0 bridgehead atoms. The van der Waals surface area contributed by atoms with E-state index in [-0.39, 0.29) is 11.9 Å². The lowest BCUT2D eigenvalue weighted by Crippen LogP contribution is -2.21. The van der Waals surface area contributed by atoms with Crippen LogP contribution in [0.15, 0.2) is 54.9 Å². The molecule has 1 atom stereocenters. The van der Waals surface area contributed by atoms with E-state index in [0.29, 0.717) is 12.2 Å². The molecule has 2 heterocycles. The Labute approximate surface area is 172 Å². The molecule has 0 saturated heterocycles. The zero-order chi connectivity index (χ0) is 22.6. The smallest absolute Gasteiger partial charge is 0.475 e. The second-order valence-electron chi connectivity index (χ2n) is 6.58. The van der Waals surface area contributed by atoms with E-state index < -0.39 is 12.1 Å². The molecule has 2 aromatic carbocycles. The number of alkyl halides is 3. The van der Waals surface area contributed by atoms with Crippen molar-refractivity contribution in [1.82, 2.24) is 20.2 Å². The van der Waals surface area contributed by atoms with Gasteiger partial charge in [0.25, 0.3) is 0 Å². The highest BCUT2D eigenvalue weighted by molar-refractivity contribution is 5.81. The number of nitrogens with two attached hydrogens (primary N) is 1. The summed E-state index contributed by atoms with van der Waals surface area (Å²) < 4.78 is 45.0. The van der Waals surface area contributed by atoms with Crippen LogP contribution in [0, 0.1) is 5.82 Å². The van der Waals surface area contributed by atoms with Gasteiger partial charge in [-0.05, 0) is 41.8 Å². The number of carboxylic acid groups (broad SMARTS) is 1. The Balaban J connectivity index is 0.000000339. The summed E-state index contributed by atoms with van der Waals surface area (Å²) in [6.07, 6.45) is -0.950. The second kappa shape index (κ2) is 8.96. The minimum atomic E-state index is -5.08. The van der Waals surface area contributed by atoms with Crippen LogP contribution in [-0.4, -0.2) is 37.4 Å². The van der Waals surface area contributed by atoms with Crippen LogP contribution in [-0.2, 0) is 11.2 Å². The van der Waals surface area contributed by atoms with Crippen molar-refractivity contribution in [2.75, 3.05) is 0 Å². The van der Waals surface area contributed by atoms with E-state index in [1.807, 2.05) is 30.5 Å². The predicted molar refractivity (Wildman–Crippen MR) is 104 cm³/mol. The third-order valence-electron chi connectivity index (χ3n) is 4.27. The zero-order valence-corrected chi connectivity index (χ0v) is 15.8. The van der Waals surface area contributed by atoms with E-state index in [4.69, 9.17) is 15.6 Å². The van der Waals surface area contributed by atoms with Crippen molar-refractivity contribution in [2.45, 2.75) is 18.6 Å². The summed E-state index contributed by atoms with van der Waals surface area (Å²) in [5.41, 5.74) is 10.9. The molecular weight excluding hydrogens is 418 g/mol. The van der Waals surface area contributed by atoms with E-state index in [1.165, 1.54) is 12.1 Å². The van der Waals surface area contributed by atoms with Crippen molar-refractivity contribution in [3.05, 3.63) is 72.1 Å². The van der Waals surface area contributed by atoms with Crippen LogP contribution in [0.25, 0.3) is 22.2 Å². The molecule has 4 rings (SSSR count). The molecule has 0 amide bonds. The quantitative estimate of drug-likeness (QED) is 0.362. The van der Waals surface area contributed by atoms with Gasteiger partial charge in [-0.2, -0.15) is 18.3 Å². The second-order valence-corrected chi connectivity index (χ2v) is 6.58. The predicted octanol–water partition coefficient (Wildman–Crippen LogP) is 3.97. The number of rotatable bonds is 4. The summed E-state index contributed by atoms with van der Waals surface area (Å²) in [6, 6.07) is 12.1. The van der Waals surface area contributed by atoms with Crippen molar-refractivity contribution in [3.63, 3.8) is 0 Å². The van der Waals surface area contributed by atoms with Gasteiger partial charge in [0.1, 0.15) is 11.6 Å². The van der Waals surface area contributed by atoms with Crippen molar-refractivity contribution in [2.24, 2.45) is 5.73 Å². The number of aliphatic carboxylic acids is 1. The number of aromatic amines is 2. The Kier molecular flexibility index (Phi) is 6.35. The van der Waals surface area contributed by atoms with Gasteiger partial charge < -0.3 is 15.8 Å². The topological polar surface area (TPSA) is 121 Å². The van der Waals surface area contributed by atoms with Crippen LogP contribution >= 0.6 is 0 Å². The lowest BCUT2D eigenvalue weighted by molar-refractivity contribution is -0.192. The molecule has 162 valence electrons. The Hall–Kier alpha value is -3.73. The van der Waals surface area contributed by atoms with Crippen molar-refractivity contribution < 1.29 is 27.5 Å². The van der Waals surface area contributed by atoms with Crippen LogP contribution < -0.4 is 5.73 Å². The van der Waals surface area contributed by atoms with Crippen molar-refractivity contribution in [3.8, 4) is 11.1 Å². The SMILES string of the molecule is N[C@H](Cc1cccc(F)c1)c1nc2ccc(-c3cn[nH]c3)cc2[nH]1.O=C(O)C(F)(F)F. The third kappa shape index (κ3) is 5.66. The first kappa shape index (κ1) is 22.0. The molecule has 31 heavy (non-hydrogen) atoms. The first-order valence-electron chi connectivity index (χ1n) is 8.92. The van der Waals surface area contributed by atoms with E-state index in [0.717, 1.165) is 27.7 Å². The monoisotopic (exact) mass is 435 g/mol. The van der Waals surface area contributed by atoms with E-state index in [2.05, 4.69) is 20.2 Å². The van der Waals surface area contributed by atoms with Gasteiger partial charge in [-0.15, -0.1) is 0 Å². The maximum Gasteiger partial charge on any atom is 0.490 e. The molecule has 0 saturated carbocycles. The Morgan fingerprint density at radius 1 is 1.16 bits per heavy atom. The van der Waals surface area contributed by atoms with Crippen LogP contribution in [0.4, 0.5) is 17.6 Å². The first-order valence-corrected chi connectivity index (χ1v) is 8.92. The molecule has 0 aliphatic carbocycles. The lowest BCUT2D eigenvalue weighted by atomic mass is 10.1. The lowest BCUT2D eigenvalue weighted by Gasteiger charge is -2.08. The Morgan fingerprint density at radius 3 is 2.52 bits per heavy atom. The maximum atomic E-state index is 13.3. The Bertz CT molecular complexity index is 1170. The molecule has 0 fully saturated rings. The first-order chi connectivity index (χ1) is 14.6. The van der Waals surface area contributed by atoms with Gasteiger partial charge in [0.05, 0.1) is 23.3 Å². The fourth-order valence-electron chi connectivity index (χ4n) is 2.81. The third-order valence-corrected chi connectivity index (χ3v) is 4.27. The normalized spacial score (nSPS) is 12.3. The molecule has 0 aliphatic rings. The molecule has 4 aromatic rings. The molecule has 5 N–H and O–H groups in total.